The highest BCUT2D eigenvalue weighted by molar-refractivity contribution is 7.89. The normalized spacial score (nSPS) is 16.2. The third kappa shape index (κ3) is 6.17. The number of sulfonamides is 1. The van der Waals surface area contributed by atoms with Gasteiger partial charge < -0.3 is 4.74 Å². The van der Waals surface area contributed by atoms with Crippen LogP contribution in [0, 0.1) is 6.92 Å². The summed E-state index contributed by atoms with van der Waals surface area (Å²) in [5.74, 6) is -0.913. The standard InChI is InChI=1S/C29H23F6NO4S/c1-3-40-27(37)24-16-17-25(19-6-10-21(11-7-19)28(30,31)32)36(41(38,39)23-14-4-18(2)5-15-23)26(24)20-8-12-22(13-9-20)29(33,34)35/h4-17,26H,3H2,1-2H3. The van der Waals surface area contributed by atoms with Crippen molar-refractivity contribution in [1.29, 1.82) is 0 Å². The van der Waals surface area contributed by atoms with Crippen LogP contribution in [0.25, 0.3) is 5.70 Å². The Morgan fingerprint density at radius 3 is 1.80 bits per heavy atom. The molecule has 41 heavy (non-hydrogen) atoms. The number of ether oxygens (including phenoxy) is 1. The number of allylic oxidation sites excluding steroid dienone is 2. The average molecular weight is 596 g/mol. The Bertz CT molecular complexity index is 1590. The van der Waals surface area contributed by atoms with Gasteiger partial charge in [0.2, 0.25) is 0 Å². The number of alkyl halides is 6. The van der Waals surface area contributed by atoms with Crippen LogP contribution in [0.2, 0.25) is 0 Å². The molecule has 1 aliphatic heterocycles. The van der Waals surface area contributed by atoms with Crippen molar-refractivity contribution in [1.82, 2.24) is 4.31 Å². The predicted octanol–water partition coefficient (Wildman–Crippen LogP) is 7.31. The number of hydrogen-bond donors (Lipinski definition) is 0. The Balaban J connectivity index is 1.98. The Morgan fingerprint density at radius 1 is 0.805 bits per heavy atom. The lowest BCUT2D eigenvalue weighted by Gasteiger charge is -2.38. The predicted molar refractivity (Wildman–Crippen MR) is 139 cm³/mol. The highest BCUT2D eigenvalue weighted by atomic mass is 32.2. The Hall–Kier alpha value is -4.06. The van der Waals surface area contributed by atoms with Crippen LogP contribution in [0.1, 0.15) is 40.8 Å². The van der Waals surface area contributed by atoms with Gasteiger partial charge in [-0.2, -0.15) is 26.3 Å². The minimum atomic E-state index is -4.68. The molecule has 0 saturated carbocycles. The molecule has 0 N–H and O–H groups in total. The fourth-order valence-corrected chi connectivity index (χ4v) is 5.95. The maximum Gasteiger partial charge on any atom is 0.416 e. The quantitative estimate of drug-likeness (QED) is 0.222. The number of carbonyl (C=O) groups is 1. The average Bonchev–Trinajstić information content (AvgIpc) is 2.92. The summed E-state index contributed by atoms with van der Waals surface area (Å²) in [4.78, 5) is 12.8. The number of benzene rings is 3. The van der Waals surface area contributed by atoms with Crippen molar-refractivity contribution < 1.29 is 44.3 Å². The summed E-state index contributed by atoms with van der Waals surface area (Å²) in [7, 11) is -4.56. The molecule has 216 valence electrons. The van der Waals surface area contributed by atoms with Gasteiger partial charge in [-0.25, -0.2) is 13.2 Å². The Morgan fingerprint density at radius 2 is 1.32 bits per heavy atom. The van der Waals surface area contributed by atoms with Gasteiger partial charge in [0.1, 0.15) is 6.04 Å². The molecule has 0 spiro atoms. The molecule has 0 amide bonds. The van der Waals surface area contributed by atoms with E-state index in [4.69, 9.17) is 4.74 Å². The zero-order valence-electron chi connectivity index (χ0n) is 21.6. The second-order valence-corrected chi connectivity index (χ2v) is 10.9. The summed E-state index contributed by atoms with van der Waals surface area (Å²) in [5.41, 5.74) is -1.45. The van der Waals surface area contributed by atoms with E-state index in [-0.39, 0.29) is 33.9 Å². The summed E-state index contributed by atoms with van der Waals surface area (Å²) in [5, 5.41) is 0. The summed E-state index contributed by atoms with van der Waals surface area (Å²) >= 11 is 0. The zero-order chi connectivity index (χ0) is 30.2. The number of hydrogen-bond acceptors (Lipinski definition) is 4. The van der Waals surface area contributed by atoms with E-state index in [1.165, 1.54) is 43.3 Å². The lowest BCUT2D eigenvalue weighted by atomic mass is 9.93. The third-order valence-electron chi connectivity index (χ3n) is 6.34. The minimum Gasteiger partial charge on any atom is -0.463 e. The molecule has 12 heteroatoms. The van der Waals surface area contributed by atoms with Gasteiger partial charge in [-0.1, -0.05) is 42.0 Å². The van der Waals surface area contributed by atoms with Gasteiger partial charge in [0.15, 0.2) is 0 Å². The Kier molecular flexibility index (Phi) is 8.08. The lowest BCUT2D eigenvalue weighted by Crippen LogP contribution is -2.38. The van der Waals surface area contributed by atoms with Crippen molar-refractivity contribution in [3.05, 3.63) is 118 Å². The maximum absolute atomic E-state index is 14.2. The van der Waals surface area contributed by atoms with Gasteiger partial charge in [-0.05, 0) is 73.5 Å². The first kappa shape index (κ1) is 29.9. The minimum absolute atomic E-state index is 0.00509. The summed E-state index contributed by atoms with van der Waals surface area (Å²) in [6, 6.07) is 11.5. The topological polar surface area (TPSA) is 63.7 Å². The molecular weight excluding hydrogens is 572 g/mol. The van der Waals surface area contributed by atoms with E-state index in [1.54, 1.807) is 6.92 Å². The first-order valence-corrected chi connectivity index (χ1v) is 13.6. The number of rotatable bonds is 6. The lowest BCUT2D eigenvalue weighted by molar-refractivity contribution is -0.139. The summed E-state index contributed by atoms with van der Waals surface area (Å²) < 4.78 is 114. The van der Waals surface area contributed by atoms with Crippen LogP contribution in [0.3, 0.4) is 0 Å². The number of aryl methyl sites for hydroxylation is 1. The summed E-state index contributed by atoms with van der Waals surface area (Å²) in [6.45, 7) is 3.19. The molecule has 1 aliphatic rings. The van der Waals surface area contributed by atoms with Crippen LogP contribution in [0.5, 0.6) is 0 Å². The van der Waals surface area contributed by atoms with Crippen LogP contribution >= 0.6 is 0 Å². The van der Waals surface area contributed by atoms with Crippen molar-refractivity contribution in [2.45, 2.75) is 37.1 Å². The van der Waals surface area contributed by atoms with Crippen molar-refractivity contribution in [2.24, 2.45) is 0 Å². The number of halogens is 6. The fourth-order valence-electron chi connectivity index (χ4n) is 4.31. The first-order chi connectivity index (χ1) is 19.1. The molecule has 5 nitrogen and oxygen atoms in total. The monoisotopic (exact) mass is 595 g/mol. The zero-order valence-corrected chi connectivity index (χ0v) is 22.4. The van der Waals surface area contributed by atoms with Crippen molar-refractivity contribution in [3.8, 4) is 0 Å². The molecule has 3 aromatic carbocycles. The van der Waals surface area contributed by atoms with E-state index >= 15 is 0 Å². The van der Waals surface area contributed by atoms with Crippen molar-refractivity contribution >= 4 is 21.7 Å². The SMILES string of the molecule is CCOC(=O)C1=CC=C(c2ccc(C(F)(F)F)cc2)N(S(=O)(=O)c2ccc(C)cc2)C1c1ccc(C(F)(F)F)cc1. The highest BCUT2D eigenvalue weighted by Gasteiger charge is 2.42. The summed E-state index contributed by atoms with van der Waals surface area (Å²) in [6.07, 6.45) is -6.81. The number of nitrogens with zero attached hydrogens (tertiary/aromatic N) is 1. The molecular formula is C29H23F6NO4S. The maximum atomic E-state index is 14.2. The fraction of sp³-hybridized carbons (Fsp3) is 0.207. The first-order valence-electron chi connectivity index (χ1n) is 12.2. The number of esters is 1. The van der Waals surface area contributed by atoms with Crippen LogP contribution in [-0.4, -0.2) is 25.3 Å². The molecule has 0 aliphatic carbocycles. The second kappa shape index (κ2) is 11.1. The van der Waals surface area contributed by atoms with Crippen LogP contribution in [-0.2, 0) is 31.9 Å². The largest absolute Gasteiger partial charge is 0.463 e. The van der Waals surface area contributed by atoms with Gasteiger partial charge in [0.05, 0.1) is 33.9 Å². The molecule has 0 fully saturated rings. The van der Waals surface area contributed by atoms with E-state index < -0.39 is 45.5 Å². The van der Waals surface area contributed by atoms with Gasteiger partial charge in [-0.15, -0.1) is 0 Å². The van der Waals surface area contributed by atoms with Gasteiger partial charge >= 0.3 is 18.3 Å². The number of carbonyl (C=O) groups excluding carboxylic acids is 1. The Labute approximate surface area is 232 Å². The van der Waals surface area contributed by atoms with Crippen LogP contribution in [0.15, 0.2) is 95.4 Å². The molecule has 3 aromatic rings. The molecule has 0 aromatic heterocycles. The second-order valence-electron chi connectivity index (χ2n) is 9.11. The third-order valence-corrected chi connectivity index (χ3v) is 8.13. The molecule has 1 unspecified atom stereocenters. The highest BCUT2D eigenvalue weighted by Crippen LogP contribution is 2.44. The van der Waals surface area contributed by atoms with E-state index in [2.05, 4.69) is 0 Å². The molecule has 0 radical (unpaired) electrons. The van der Waals surface area contributed by atoms with E-state index in [9.17, 15) is 39.6 Å². The van der Waals surface area contributed by atoms with Gasteiger partial charge in [0, 0.05) is 0 Å². The van der Waals surface area contributed by atoms with Crippen LogP contribution in [0.4, 0.5) is 26.3 Å². The van der Waals surface area contributed by atoms with Crippen molar-refractivity contribution in [2.75, 3.05) is 6.61 Å². The smallest absolute Gasteiger partial charge is 0.416 e. The van der Waals surface area contributed by atoms with Gasteiger partial charge in [-0.3, -0.25) is 4.31 Å². The molecule has 0 bridgehead atoms. The molecule has 4 rings (SSSR count). The molecule has 1 heterocycles. The van der Waals surface area contributed by atoms with Crippen molar-refractivity contribution in [3.63, 3.8) is 0 Å². The van der Waals surface area contributed by atoms with E-state index in [1.807, 2.05) is 0 Å². The van der Waals surface area contributed by atoms with E-state index in [0.717, 1.165) is 58.4 Å². The van der Waals surface area contributed by atoms with E-state index in [0.29, 0.717) is 0 Å². The van der Waals surface area contributed by atoms with Crippen LogP contribution < -0.4 is 0 Å². The van der Waals surface area contributed by atoms with Gasteiger partial charge in [0.25, 0.3) is 10.0 Å². The molecule has 0 saturated heterocycles. The molecule has 1 atom stereocenters.